The Morgan fingerprint density at radius 3 is 2.50 bits per heavy atom. The lowest BCUT2D eigenvalue weighted by Gasteiger charge is -2.49. The summed E-state index contributed by atoms with van der Waals surface area (Å²) in [6, 6.07) is 24.3. The largest absolute Gasteiger partial charge is 0.487 e. The van der Waals surface area contributed by atoms with Crippen LogP contribution in [0.1, 0.15) is 67.4 Å². The average molecular weight is 530 g/mol. The molecule has 0 bridgehead atoms. The molecular formula is C35H35N3O2. The Morgan fingerprint density at radius 2 is 1.68 bits per heavy atom. The molecule has 1 N–H and O–H groups in total. The van der Waals surface area contributed by atoms with E-state index in [-0.39, 0.29) is 11.5 Å². The number of fused-ring (bicyclic) bond motifs is 9. The minimum atomic E-state index is -0.235. The van der Waals surface area contributed by atoms with Crippen LogP contribution < -0.4 is 10.1 Å². The summed E-state index contributed by atoms with van der Waals surface area (Å²) in [7, 11) is 0. The van der Waals surface area contributed by atoms with Gasteiger partial charge in [-0.3, -0.25) is 4.79 Å². The van der Waals surface area contributed by atoms with Crippen LogP contribution in [0.5, 0.6) is 5.75 Å². The number of rotatable bonds is 4. The van der Waals surface area contributed by atoms with Crippen LogP contribution in [0.4, 0.5) is 0 Å². The van der Waals surface area contributed by atoms with Crippen molar-refractivity contribution in [2.75, 3.05) is 6.54 Å². The van der Waals surface area contributed by atoms with Gasteiger partial charge in [-0.1, -0.05) is 67.9 Å². The van der Waals surface area contributed by atoms with Crippen LogP contribution in [0.2, 0.25) is 0 Å². The molecule has 1 aliphatic carbocycles. The van der Waals surface area contributed by atoms with Gasteiger partial charge in [-0.15, -0.1) is 0 Å². The molecule has 5 aromatic rings. The lowest BCUT2D eigenvalue weighted by molar-refractivity contribution is -0.0115. The molecular weight excluding hydrogens is 494 g/mol. The molecule has 0 radical (unpaired) electrons. The van der Waals surface area contributed by atoms with Crippen LogP contribution in [0.25, 0.3) is 32.8 Å². The van der Waals surface area contributed by atoms with Crippen molar-refractivity contribution in [3.8, 4) is 5.75 Å². The molecule has 40 heavy (non-hydrogen) atoms. The number of amides is 1. The first-order chi connectivity index (χ1) is 19.4. The maximum Gasteiger partial charge on any atom is 0.251 e. The predicted octanol–water partition coefficient (Wildman–Crippen LogP) is 7.60. The molecule has 1 amide bonds. The third-order valence-corrected chi connectivity index (χ3v) is 9.14. The van der Waals surface area contributed by atoms with E-state index in [1.54, 1.807) is 0 Å². The van der Waals surface area contributed by atoms with Crippen molar-refractivity contribution in [2.45, 2.75) is 58.0 Å². The normalized spacial score (nSPS) is 21.5. The van der Waals surface area contributed by atoms with Gasteiger partial charge in [0.15, 0.2) is 0 Å². The molecule has 5 heteroatoms. The van der Waals surface area contributed by atoms with Gasteiger partial charge in [-0.2, -0.15) is 0 Å². The maximum absolute atomic E-state index is 13.0. The number of aromatic nitrogens is 2. The van der Waals surface area contributed by atoms with Crippen molar-refractivity contribution in [2.24, 2.45) is 11.8 Å². The van der Waals surface area contributed by atoms with E-state index in [2.05, 4.69) is 62.5 Å². The van der Waals surface area contributed by atoms with Gasteiger partial charge in [0, 0.05) is 34.4 Å². The highest BCUT2D eigenvalue weighted by molar-refractivity contribution is 6.11. The van der Waals surface area contributed by atoms with Crippen LogP contribution in [-0.4, -0.2) is 28.0 Å². The van der Waals surface area contributed by atoms with E-state index in [0.717, 1.165) is 57.9 Å². The van der Waals surface area contributed by atoms with Gasteiger partial charge >= 0.3 is 0 Å². The Labute approximate surface area is 235 Å². The van der Waals surface area contributed by atoms with Crippen molar-refractivity contribution >= 4 is 38.7 Å². The molecule has 1 fully saturated rings. The molecule has 2 heterocycles. The second kappa shape index (κ2) is 9.58. The van der Waals surface area contributed by atoms with Gasteiger partial charge < -0.3 is 10.1 Å². The molecule has 7 rings (SSSR count). The standard InChI is InChI=1S/C35H35N3O2/c1-21-13-15-27-26(19-21)30-32-31(24-11-7-8-12-25(24)33(30)40-35(27,2)3)38-29-20-23(14-16-28(29)37-32)34(39)36-18-17-22-9-5-4-6-10-22/h4-12,14,16,20-21,26-27H,13,15,17-19H2,1-3H3,(H,36,39)/t21-,26-,27-/m1/s1. The SMILES string of the molecule is C[C@@H]1CC[C@@H]2[C@@H](C1)c1c(c3ccccc3c3nc4cc(C(=O)NCCc5ccccc5)ccc4nc13)OC2(C)C. The predicted molar refractivity (Wildman–Crippen MR) is 161 cm³/mol. The summed E-state index contributed by atoms with van der Waals surface area (Å²) in [5.74, 6) is 2.38. The number of hydrogen-bond donors (Lipinski definition) is 1. The second-order valence-corrected chi connectivity index (χ2v) is 12.2. The Balaban J connectivity index is 1.32. The van der Waals surface area contributed by atoms with Crippen LogP contribution in [0.3, 0.4) is 0 Å². The molecule has 4 aromatic carbocycles. The summed E-state index contributed by atoms with van der Waals surface area (Å²) in [5.41, 5.74) is 6.17. The van der Waals surface area contributed by atoms with Crippen molar-refractivity contribution in [3.05, 3.63) is 89.5 Å². The first-order valence-corrected chi connectivity index (χ1v) is 14.6. The number of nitrogens with zero attached hydrogens (tertiary/aromatic N) is 2. The van der Waals surface area contributed by atoms with Gasteiger partial charge in [-0.05, 0) is 68.7 Å². The Kier molecular flexibility index (Phi) is 5.99. The van der Waals surface area contributed by atoms with Crippen LogP contribution in [0.15, 0.2) is 72.8 Å². The first kappa shape index (κ1) is 25.0. The quantitative estimate of drug-likeness (QED) is 0.192. The van der Waals surface area contributed by atoms with Crippen LogP contribution >= 0.6 is 0 Å². The third-order valence-electron chi connectivity index (χ3n) is 9.14. The van der Waals surface area contributed by atoms with Gasteiger partial charge in [0.25, 0.3) is 5.91 Å². The zero-order valence-corrected chi connectivity index (χ0v) is 23.4. The number of hydrogen-bond acceptors (Lipinski definition) is 4. The monoisotopic (exact) mass is 529 g/mol. The van der Waals surface area contributed by atoms with Crippen LogP contribution in [-0.2, 0) is 6.42 Å². The van der Waals surface area contributed by atoms with Gasteiger partial charge in [0.05, 0.1) is 22.1 Å². The summed E-state index contributed by atoms with van der Waals surface area (Å²) in [4.78, 5) is 23.4. The van der Waals surface area contributed by atoms with Crippen molar-refractivity contribution < 1.29 is 9.53 Å². The fraction of sp³-hybridized carbons (Fsp3) is 0.343. The van der Waals surface area contributed by atoms with E-state index in [0.29, 0.717) is 29.9 Å². The fourth-order valence-electron chi connectivity index (χ4n) is 7.10. The summed E-state index contributed by atoms with van der Waals surface area (Å²) in [6.07, 6.45) is 4.33. The molecule has 1 saturated carbocycles. The summed E-state index contributed by atoms with van der Waals surface area (Å²) in [5, 5.41) is 5.20. The maximum atomic E-state index is 13.0. The number of ether oxygens (including phenoxy) is 1. The number of carbonyl (C=O) groups is 1. The lowest BCUT2D eigenvalue weighted by Crippen LogP contribution is -2.46. The van der Waals surface area contributed by atoms with E-state index < -0.39 is 0 Å². The first-order valence-electron chi connectivity index (χ1n) is 14.6. The topological polar surface area (TPSA) is 64.1 Å². The molecule has 5 nitrogen and oxygen atoms in total. The van der Waals surface area contributed by atoms with Crippen molar-refractivity contribution in [1.82, 2.24) is 15.3 Å². The van der Waals surface area contributed by atoms with Crippen molar-refractivity contribution in [1.29, 1.82) is 0 Å². The molecule has 1 aliphatic heterocycles. The molecule has 202 valence electrons. The molecule has 2 aliphatic rings. The zero-order chi connectivity index (χ0) is 27.4. The number of carbonyl (C=O) groups excluding carboxylic acids is 1. The summed E-state index contributed by atoms with van der Waals surface area (Å²) < 4.78 is 6.86. The third kappa shape index (κ3) is 4.19. The van der Waals surface area contributed by atoms with E-state index in [1.807, 2.05) is 36.4 Å². The molecule has 0 saturated heterocycles. The fourth-order valence-corrected chi connectivity index (χ4v) is 7.10. The number of benzene rings is 4. The van der Waals surface area contributed by atoms with Gasteiger partial charge in [0.2, 0.25) is 0 Å². The van der Waals surface area contributed by atoms with E-state index in [4.69, 9.17) is 14.7 Å². The van der Waals surface area contributed by atoms with Gasteiger partial charge in [-0.25, -0.2) is 9.97 Å². The molecule has 3 atom stereocenters. The Hall–Kier alpha value is -3.99. The van der Waals surface area contributed by atoms with E-state index >= 15 is 0 Å². The molecule has 0 unspecified atom stereocenters. The minimum absolute atomic E-state index is 0.0929. The highest BCUT2D eigenvalue weighted by atomic mass is 16.5. The Morgan fingerprint density at radius 1 is 0.925 bits per heavy atom. The average Bonchev–Trinajstić information content (AvgIpc) is 2.96. The zero-order valence-electron chi connectivity index (χ0n) is 23.4. The highest BCUT2D eigenvalue weighted by Gasteiger charge is 2.47. The minimum Gasteiger partial charge on any atom is -0.487 e. The summed E-state index contributed by atoms with van der Waals surface area (Å²) >= 11 is 0. The molecule has 1 aromatic heterocycles. The van der Waals surface area contributed by atoms with Crippen LogP contribution in [0, 0.1) is 11.8 Å². The summed E-state index contributed by atoms with van der Waals surface area (Å²) in [6.45, 7) is 7.45. The van der Waals surface area contributed by atoms with E-state index in [9.17, 15) is 4.79 Å². The lowest BCUT2D eigenvalue weighted by atomic mass is 9.64. The Bertz CT molecular complexity index is 1760. The highest BCUT2D eigenvalue weighted by Crippen LogP contribution is 2.56. The van der Waals surface area contributed by atoms with Gasteiger partial charge in [0.1, 0.15) is 11.4 Å². The smallest absolute Gasteiger partial charge is 0.251 e. The number of nitrogens with one attached hydrogen (secondary N) is 1. The molecule has 0 spiro atoms. The van der Waals surface area contributed by atoms with E-state index in [1.165, 1.54) is 17.5 Å². The second-order valence-electron chi connectivity index (χ2n) is 12.2. The van der Waals surface area contributed by atoms with Crippen molar-refractivity contribution in [3.63, 3.8) is 0 Å².